The summed E-state index contributed by atoms with van der Waals surface area (Å²) in [6, 6.07) is 0.538. The van der Waals surface area contributed by atoms with Gasteiger partial charge in [0.15, 0.2) is 23.3 Å². The van der Waals surface area contributed by atoms with Crippen LogP contribution < -0.4 is 4.74 Å². The number of halogens is 6. The van der Waals surface area contributed by atoms with Gasteiger partial charge >= 0.3 is 11.7 Å². The predicted molar refractivity (Wildman–Crippen MR) is 89.6 cm³/mol. The molecule has 6 nitrogen and oxygen atoms in total. The summed E-state index contributed by atoms with van der Waals surface area (Å²) in [5.74, 6) is -15.3. The summed E-state index contributed by atoms with van der Waals surface area (Å²) in [5, 5.41) is 11.3. The van der Waals surface area contributed by atoms with Crippen molar-refractivity contribution >= 4 is 11.7 Å². The molecular weight excluding hydrogens is 424 g/mol. The first-order valence-electron chi connectivity index (χ1n) is 8.19. The van der Waals surface area contributed by atoms with Crippen LogP contribution in [0.3, 0.4) is 0 Å². The number of hydrogen-bond donors (Lipinski definition) is 0. The minimum Gasteiger partial charge on any atom is -0.469 e. The standard InChI is InChI=1S/C18H13F6NO5/c1-4-29-17(26)18(2,3)30-10-6-8(19)7(5-9(10)25(27)28)11-12(20)14(22)16(24)15(23)13(11)21/h5-6H,4H2,1-3H3. The molecule has 0 radical (unpaired) electrons. The van der Waals surface area contributed by atoms with Crippen molar-refractivity contribution in [3.05, 3.63) is 57.2 Å². The highest BCUT2D eigenvalue weighted by atomic mass is 19.2. The van der Waals surface area contributed by atoms with Gasteiger partial charge in [-0.15, -0.1) is 0 Å². The first-order valence-corrected chi connectivity index (χ1v) is 8.19. The topological polar surface area (TPSA) is 78.7 Å². The zero-order valence-corrected chi connectivity index (χ0v) is 15.6. The minimum atomic E-state index is -2.47. The fourth-order valence-electron chi connectivity index (χ4n) is 2.42. The van der Waals surface area contributed by atoms with Gasteiger partial charge in [-0.05, 0) is 20.8 Å². The molecule has 2 rings (SSSR count). The lowest BCUT2D eigenvalue weighted by Gasteiger charge is -2.24. The van der Waals surface area contributed by atoms with E-state index in [1.807, 2.05) is 0 Å². The Balaban J connectivity index is 2.71. The minimum absolute atomic E-state index is 0.0543. The van der Waals surface area contributed by atoms with E-state index in [4.69, 9.17) is 9.47 Å². The number of carbonyl (C=O) groups is 1. The van der Waals surface area contributed by atoms with Crippen molar-refractivity contribution in [2.75, 3.05) is 6.61 Å². The second kappa shape index (κ2) is 8.20. The van der Waals surface area contributed by atoms with Crippen molar-refractivity contribution in [2.45, 2.75) is 26.4 Å². The highest BCUT2D eigenvalue weighted by Gasteiger charge is 2.36. The quantitative estimate of drug-likeness (QED) is 0.162. The third-order valence-electron chi connectivity index (χ3n) is 3.86. The first kappa shape index (κ1) is 23.0. The molecule has 30 heavy (non-hydrogen) atoms. The van der Waals surface area contributed by atoms with Gasteiger partial charge in [-0.25, -0.2) is 31.1 Å². The molecule has 0 N–H and O–H groups in total. The van der Waals surface area contributed by atoms with E-state index in [-0.39, 0.29) is 12.7 Å². The number of benzene rings is 2. The first-order chi connectivity index (χ1) is 13.8. The largest absolute Gasteiger partial charge is 0.469 e. The molecule has 0 unspecified atom stereocenters. The van der Waals surface area contributed by atoms with Gasteiger partial charge in [0.2, 0.25) is 17.2 Å². The number of carbonyl (C=O) groups excluding carboxylic acids is 1. The number of nitro benzene ring substituents is 1. The number of esters is 1. The summed E-state index contributed by atoms with van der Waals surface area (Å²) in [6.45, 7) is 3.74. The monoisotopic (exact) mass is 437 g/mol. The number of rotatable bonds is 6. The van der Waals surface area contributed by atoms with Crippen LogP contribution in [0.15, 0.2) is 12.1 Å². The Morgan fingerprint density at radius 1 is 1.00 bits per heavy atom. The molecule has 162 valence electrons. The van der Waals surface area contributed by atoms with E-state index >= 15 is 0 Å². The molecule has 0 amide bonds. The maximum atomic E-state index is 14.5. The molecule has 0 aliphatic heterocycles. The Labute approximate surface area is 165 Å². The van der Waals surface area contributed by atoms with Crippen molar-refractivity contribution in [3.8, 4) is 16.9 Å². The van der Waals surface area contributed by atoms with Crippen LogP contribution in [0.2, 0.25) is 0 Å². The van der Waals surface area contributed by atoms with E-state index in [2.05, 4.69) is 0 Å². The zero-order chi connectivity index (χ0) is 23.0. The molecule has 0 saturated carbocycles. The summed E-state index contributed by atoms with van der Waals surface area (Å²) in [6.07, 6.45) is 0. The number of nitro groups is 1. The zero-order valence-electron chi connectivity index (χ0n) is 15.6. The van der Waals surface area contributed by atoms with E-state index in [1.54, 1.807) is 0 Å². The molecule has 0 saturated heterocycles. The Kier molecular flexibility index (Phi) is 6.28. The van der Waals surface area contributed by atoms with Gasteiger partial charge in [0.25, 0.3) is 0 Å². The van der Waals surface area contributed by atoms with E-state index in [0.717, 1.165) is 13.8 Å². The van der Waals surface area contributed by atoms with Gasteiger partial charge in [-0.3, -0.25) is 10.1 Å². The van der Waals surface area contributed by atoms with Gasteiger partial charge in [0.1, 0.15) is 5.82 Å². The van der Waals surface area contributed by atoms with Crippen LogP contribution in [-0.4, -0.2) is 23.1 Å². The predicted octanol–water partition coefficient (Wildman–Crippen LogP) is 4.82. The smallest absolute Gasteiger partial charge is 0.349 e. The summed E-state index contributed by atoms with van der Waals surface area (Å²) in [5.41, 5.74) is -5.88. The van der Waals surface area contributed by atoms with Crippen LogP contribution in [0, 0.1) is 45.0 Å². The van der Waals surface area contributed by atoms with Crippen LogP contribution in [0.4, 0.5) is 32.0 Å². The van der Waals surface area contributed by atoms with E-state index in [9.17, 15) is 41.3 Å². The van der Waals surface area contributed by atoms with E-state index in [0.29, 0.717) is 6.07 Å². The Bertz CT molecular complexity index is 1010. The van der Waals surface area contributed by atoms with Gasteiger partial charge in [-0.1, -0.05) is 0 Å². The molecule has 0 fully saturated rings. The van der Waals surface area contributed by atoms with Crippen molar-refractivity contribution in [1.82, 2.24) is 0 Å². The van der Waals surface area contributed by atoms with Crippen molar-refractivity contribution in [3.63, 3.8) is 0 Å². The van der Waals surface area contributed by atoms with Crippen molar-refractivity contribution in [1.29, 1.82) is 0 Å². The molecule has 0 aliphatic rings. The summed E-state index contributed by atoms with van der Waals surface area (Å²) in [4.78, 5) is 22.1. The lowest BCUT2D eigenvalue weighted by atomic mass is 10.0. The lowest BCUT2D eigenvalue weighted by Crippen LogP contribution is -2.39. The normalized spacial score (nSPS) is 11.4. The maximum Gasteiger partial charge on any atom is 0.349 e. The highest BCUT2D eigenvalue weighted by molar-refractivity contribution is 5.79. The van der Waals surface area contributed by atoms with E-state index < -0.39 is 74.0 Å². The molecule has 2 aromatic rings. The van der Waals surface area contributed by atoms with Crippen LogP contribution in [-0.2, 0) is 9.53 Å². The second-order valence-electron chi connectivity index (χ2n) is 6.33. The summed E-state index contributed by atoms with van der Waals surface area (Å²) < 4.78 is 92.6. The third kappa shape index (κ3) is 4.02. The number of hydrogen-bond acceptors (Lipinski definition) is 5. The molecule has 0 heterocycles. The van der Waals surface area contributed by atoms with Crippen molar-refractivity contribution in [2.24, 2.45) is 0 Å². The number of ether oxygens (including phenoxy) is 2. The third-order valence-corrected chi connectivity index (χ3v) is 3.86. The van der Waals surface area contributed by atoms with Crippen LogP contribution >= 0.6 is 0 Å². The highest BCUT2D eigenvalue weighted by Crippen LogP contribution is 2.40. The Morgan fingerprint density at radius 3 is 1.97 bits per heavy atom. The van der Waals surface area contributed by atoms with Crippen LogP contribution in [0.1, 0.15) is 20.8 Å². The molecule has 0 aromatic heterocycles. The Hall–Kier alpha value is -3.31. The lowest BCUT2D eigenvalue weighted by molar-refractivity contribution is -0.386. The molecule has 2 aromatic carbocycles. The fraction of sp³-hybridized carbons (Fsp3) is 0.278. The average Bonchev–Trinajstić information content (AvgIpc) is 2.66. The molecule has 0 aliphatic carbocycles. The maximum absolute atomic E-state index is 14.5. The van der Waals surface area contributed by atoms with Gasteiger partial charge < -0.3 is 9.47 Å². The van der Waals surface area contributed by atoms with Gasteiger partial charge in [0.05, 0.1) is 17.1 Å². The van der Waals surface area contributed by atoms with E-state index in [1.165, 1.54) is 6.92 Å². The second-order valence-corrected chi connectivity index (χ2v) is 6.33. The molecular formula is C18H13F6NO5. The van der Waals surface area contributed by atoms with Crippen LogP contribution in [0.25, 0.3) is 11.1 Å². The van der Waals surface area contributed by atoms with Crippen molar-refractivity contribution < 1.29 is 45.5 Å². The van der Waals surface area contributed by atoms with Gasteiger partial charge in [-0.2, -0.15) is 0 Å². The van der Waals surface area contributed by atoms with Crippen LogP contribution in [0.5, 0.6) is 5.75 Å². The summed E-state index contributed by atoms with van der Waals surface area (Å²) >= 11 is 0. The molecule has 12 heteroatoms. The molecule has 0 atom stereocenters. The molecule has 0 spiro atoms. The molecule has 0 bridgehead atoms. The number of nitrogens with zero attached hydrogens (tertiary/aromatic N) is 1. The van der Waals surface area contributed by atoms with Gasteiger partial charge in [0, 0.05) is 17.7 Å². The summed E-state index contributed by atoms with van der Waals surface area (Å²) in [7, 11) is 0. The average molecular weight is 437 g/mol. The SMILES string of the molecule is CCOC(=O)C(C)(C)Oc1cc(F)c(-c2c(F)c(F)c(F)c(F)c2F)cc1[N+](=O)[O-]. The Morgan fingerprint density at radius 2 is 1.50 bits per heavy atom. The fourth-order valence-corrected chi connectivity index (χ4v) is 2.42.